The summed E-state index contributed by atoms with van der Waals surface area (Å²) in [4.78, 5) is 6.66. The molecule has 0 aromatic carbocycles. The van der Waals surface area contributed by atoms with Crippen molar-refractivity contribution >= 4 is 11.3 Å². The zero-order valence-electron chi connectivity index (χ0n) is 12.1. The Morgan fingerprint density at radius 2 is 2.11 bits per heavy atom. The first-order valence-corrected chi connectivity index (χ1v) is 7.15. The molecule has 0 aliphatic carbocycles. The molecule has 5 heteroatoms. The molecule has 0 bridgehead atoms. The second kappa shape index (κ2) is 7.19. The van der Waals surface area contributed by atoms with E-state index in [1.807, 2.05) is 14.1 Å². The molecule has 0 spiro atoms. The van der Waals surface area contributed by atoms with Crippen LogP contribution in [-0.4, -0.2) is 42.7 Å². The summed E-state index contributed by atoms with van der Waals surface area (Å²) in [6.07, 6.45) is 0. The summed E-state index contributed by atoms with van der Waals surface area (Å²) < 4.78 is 5.57. The Morgan fingerprint density at radius 3 is 2.72 bits per heavy atom. The van der Waals surface area contributed by atoms with E-state index in [2.05, 4.69) is 41.4 Å². The lowest BCUT2D eigenvalue weighted by atomic mass is 10.1. The molecule has 0 radical (unpaired) electrons. The number of nitrogens with zero attached hydrogens (tertiary/aromatic N) is 2. The maximum absolute atomic E-state index is 5.57. The normalized spacial score (nSPS) is 12.3. The molecule has 1 heterocycles. The van der Waals surface area contributed by atoms with E-state index >= 15 is 0 Å². The smallest absolute Gasteiger partial charge is 0.107 e. The third kappa shape index (κ3) is 7.06. The van der Waals surface area contributed by atoms with Gasteiger partial charge in [0.15, 0.2) is 0 Å². The van der Waals surface area contributed by atoms with Gasteiger partial charge in [-0.25, -0.2) is 4.98 Å². The molecule has 1 aromatic heterocycles. The molecule has 1 aromatic rings. The van der Waals surface area contributed by atoms with Crippen LogP contribution in [0.15, 0.2) is 5.38 Å². The summed E-state index contributed by atoms with van der Waals surface area (Å²) >= 11 is 1.69. The fourth-order valence-corrected chi connectivity index (χ4v) is 1.98. The Hall–Kier alpha value is -0.490. The lowest BCUT2D eigenvalue weighted by Gasteiger charge is -2.19. The van der Waals surface area contributed by atoms with E-state index in [-0.39, 0.29) is 5.54 Å². The van der Waals surface area contributed by atoms with E-state index < -0.39 is 0 Å². The lowest BCUT2D eigenvalue weighted by molar-refractivity contribution is 0.103. The van der Waals surface area contributed by atoms with E-state index in [1.54, 1.807) is 11.3 Å². The van der Waals surface area contributed by atoms with Gasteiger partial charge in [-0.1, -0.05) is 0 Å². The number of hydrogen-bond donors (Lipinski definition) is 1. The van der Waals surface area contributed by atoms with Crippen LogP contribution < -0.4 is 5.32 Å². The monoisotopic (exact) mass is 271 g/mol. The molecule has 0 saturated heterocycles. The zero-order valence-corrected chi connectivity index (χ0v) is 12.9. The second-order valence-electron chi connectivity index (χ2n) is 5.69. The molecule has 0 unspecified atom stereocenters. The van der Waals surface area contributed by atoms with Crippen molar-refractivity contribution in [2.24, 2.45) is 0 Å². The van der Waals surface area contributed by atoms with Gasteiger partial charge in [0.25, 0.3) is 0 Å². The third-order valence-electron chi connectivity index (χ3n) is 2.30. The molecular formula is C13H25N3OS. The van der Waals surface area contributed by atoms with Crippen LogP contribution in [0, 0.1) is 0 Å². The first-order valence-electron chi connectivity index (χ1n) is 6.27. The van der Waals surface area contributed by atoms with Gasteiger partial charge in [-0.2, -0.15) is 0 Å². The maximum atomic E-state index is 5.57. The Balaban J connectivity index is 2.26. The lowest BCUT2D eigenvalue weighted by Crippen LogP contribution is -2.35. The summed E-state index contributed by atoms with van der Waals surface area (Å²) in [7, 11) is 4.09. The molecule has 4 nitrogen and oxygen atoms in total. The molecular weight excluding hydrogens is 246 g/mol. The van der Waals surface area contributed by atoms with Crippen LogP contribution in [0.4, 0.5) is 0 Å². The second-order valence-corrected chi connectivity index (χ2v) is 6.63. The van der Waals surface area contributed by atoms with E-state index in [9.17, 15) is 0 Å². The number of aromatic nitrogens is 1. The number of nitrogens with one attached hydrogen (secondary N) is 1. The average molecular weight is 271 g/mol. The summed E-state index contributed by atoms with van der Waals surface area (Å²) in [6.45, 7) is 9.61. The van der Waals surface area contributed by atoms with Crippen LogP contribution in [0.3, 0.4) is 0 Å². The van der Waals surface area contributed by atoms with Gasteiger partial charge in [0, 0.05) is 24.0 Å². The number of ether oxygens (including phenoxy) is 1. The van der Waals surface area contributed by atoms with Crippen LogP contribution in [0.2, 0.25) is 0 Å². The summed E-state index contributed by atoms with van der Waals surface area (Å²) in [5.41, 5.74) is 1.16. The highest BCUT2D eigenvalue weighted by molar-refractivity contribution is 7.09. The fraction of sp³-hybridized carbons (Fsp3) is 0.769. The van der Waals surface area contributed by atoms with Crippen LogP contribution in [-0.2, 0) is 17.9 Å². The van der Waals surface area contributed by atoms with Crippen molar-refractivity contribution in [3.63, 3.8) is 0 Å². The van der Waals surface area contributed by atoms with Crippen LogP contribution in [0.1, 0.15) is 31.5 Å². The molecule has 0 amide bonds. The number of hydrogen-bond acceptors (Lipinski definition) is 5. The Morgan fingerprint density at radius 1 is 1.39 bits per heavy atom. The van der Waals surface area contributed by atoms with Crippen molar-refractivity contribution in [3.05, 3.63) is 16.1 Å². The topological polar surface area (TPSA) is 37.4 Å². The zero-order chi connectivity index (χ0) is 13.6. The standard InChI is InChI=1S/C13H25N3OS/c1-13(2,3)14-8-12-15-11(10-18-12)9-17-7-6-16(4)5/h10,14H,6-9H2,1-5H3. The van der Waals surface area contributed by atoms with E-state index in [0.717, 1.165) is 30.4 Å². The van der Waals surface area contributed by atoms with Crippen molar-refractivity contribution in [2.75, 3.05) is 27.2 Å². The molecule has 0 aliphatic heterocycles. The minimum Gasteiger partial charge on any atom is -0.374 e. The first-order chi connectivity index (χ1) is 8.37. The first kappa shape index (κ1) is 15.6. The van der Waals surface area contributed by atoms with Gasteiger partial charge in [0.2, 0.25) is 0 Å². The van der Waals surface area contributed by atoms with Gasteiger partial charge < -0.3 is 15.0 Å². The molecule has 1 rings (SSSR count). The molecule has 18 heavy (non-hydrogen) atoms. The van der Waals surface area contributed by atoms with Crippen molar-refractivity contribution < 1.29 is 4.74 Å². The summed E-state index contributed by atoms with van der Waals surface area (Å²) in [5.74, 6) is 0. The van der Waals surface area contributed by atoms with Crippen molar-refractivity contribution in [2.45, 2.75) is 39.5 Å². The number of rotatable bonds is 7. The van der Waals surface area contributed by atoms with Gasteiger partial charge >= 0.3 is 0 Å². The van der Waals surface area contributed by atoms with E-state index in [1.165, 1.54) is 0 Å². The highest BCUT2D eigenvalue weighted by Gasteiger charge is 2.10. The minimum atomic E-state index is 0.133. The van der Waals surface area contributed by atoms with E-state index in [0.29, 0.717) is 6.61 Å². The quantitative estimate of drug-likeness (QED) is 0.771. The SMILES string of the molecule is CN(C)CCOCc1csc(CNC(C)(C)C)n1. The number of likely N-dealkylation sites (N-methyl/N-ethyl adjacent to an activating group) is 1. The van der Waals surface area contributed by atoms with Crippen molar-refractivity contribution in [3.8, 4) is 0 Å². The molecule has 0 saturated carbocycles. The van der Waals surface area contributed by atoms with E-state index in [4.69, 9.17) is 4.74 Å². The van der Waals surface area contributed by atoms with Gasteiger partial charge in [0.1, 0.15) is 5.01 Å². The number of thiazole rings is 1. The molecule has 104 valence electrons. The highest BCUT2D eigenvalue weighted by atomic mass is 32.1. The van der Waals surface area contributed by atoms with Gasteiger partial charge in [-0.3, -0.25) is 0 Å². The van der Waals surface area contributed by atoms with Gasteiger partial charge in [-0.15, -0.1) is 11.3 Å². The molecule has 1 N–H and O–H groups in total. The molecule has 0 aliphatic rings. The third-order valence-corrected chi connectivity index (χ3v) is 3.20. The van der Waals surface area contributed by atoms with Crippen LogP contribution in [0.25, 0.3) is 0 Å². The van der Waals surface area contributed by atoms with Gasteiger partial charge in [-0.05, 0) is 34.9 Å². The minimum absolute atomic E-state index is 0.133. The highest BCUT2D eigenvalue weighted by Crippen LogP contribution is 2.12. The largest absolute Gasteiger partial charge is 0.374 e. The molecule has 0 atom stereocenters. The molecule has 0 fully saturated rings. The maximum Gasteiger partial charge on any atom is 0.107 e. The van der Waals surface area contributed by atoms with Crippen molar-refractivity contribution in [1.82, 2.24) is 15.2 Å². The van der Waals surface area contributed by atoms with Crippen molar-refractivity contribution in [1.29, 1.82) is 0 Å². The summed E-state index contributed by atoms with van der Waals surface area (Å²) in [6, 6.07) is 0. The Bertz CT molecular complexity index is 344. The summed E-state index contributed by atoms with van der Waals surface area (Å²) in [5, 5.41) is 6.63. The van der Waals surface area contributed by atoms with Crippen LogP contribution >= 0.6 is 11.3 Å². The predicted molar refractivity (Wildman–Crippen MR) is 76.9 cm³/mol. The van der Waals surface area contributed by atoms with Gasteiger partial charge in [0.05, 0.1) is 18.9 Å². The Labute approximate surface area is 114 Å². The predicted octanol–water partition coefficient (Wildman–Crippen LogP) is 2.11. The van der Waals surface area contributed by atoms with Crippen LogP contribution in [0.5, 0.6) is 0 Å². The fourth-order valence-electron chi connectivity index (χ4n) is 1.26. The average Bonchev–Trinajstić information content (AvgIpc) is 2.68. The Kier molecular flexibility index (Phi) is 6.21.